The summed E-state index contributed by atoms with van der Waals surface area (Å²) in [6.07, 6.45) is -6.88. The number of carbonyl (C=O) groups excluding carboxylic acids is 1. The Bertz CT molecular complexity index is 1260. The smallest absolute Gasteiger partial charge is 0.367 e. The van der Waals surface area contributed by atoms with Gasteiger partial charge in [-0.3, -0.25) is 9.52 Å². The molecule has 0 aliphatic heterocycles. The minimum absolute atomic E-state index is 0.0676. The number of nitrogens with one attached hydrogen (secondary N) is 1. The van der Waals surface area contributed by atoms with Crippen LogP contribution in [0, 0.1) is 0 Å². The highest BCUT2D eigenvalue weighted by molar-refractivity contribution is 7.92. The number of fused-ring (bicyclic) bond motifs is 1. The predicted octanol–water partition coefficient (Wildman–Crippen LogP) is 3.31. The first-order chi connectivity index (χ1) is 14.8. The summed E-state index contributed by atoms with van der Waals surface area (Å²) in [6.45, 7) is 0. The first kappa shape index (κ1) is 23.4. The Balaban J connectivity index is 2.29. The SMILES string of the molecule is CS(=O)(=O)Nc1cccc2c1cnn2C(CC(F)F)(C(N)=O)c1ccc(C(F)(F)F)cc1. The topological polar surface area (TPSA) is 107 Å². The zero-order chi connectivity index (χ0) is 23.9. The van der Waals surface area contributed by atoms with E-state index in [0.717, 1.165) is 29.3 Å². The van der Waals surface area contributed by atoms with Crippen LogP contribution in [0.3, 0.4) is 0 Å². The van der Waals surface area contributed by atoms with Crippen molar-refractivity contribution in [1.29, 1.82) is 0 Å². The van der Waals surface area contributed by atoms with E-state index in [2.05, 4.69) is 9.82 Å². The Morgan fingerprint density at radius 3 is 2.22 bits per heavy atom. The number of nitrogens with zero attached hydrogens (tertiary/aromatic N) is 2. The molecule has 0 spiro atoms. The van der Waals surface area contributed by atoms with Gasteiger partial charge < -0.3 is 5.73 Å². The number of hydrogen-bond donors (Lipinski definition) is 2. The molecule has 3 rings (SSSR count). The number of rotatable bonds is 7. The van der Waals surface area contributed by atoms with Gasteiger partial charge in [-0.05, 0) is 29.8 Å². The molecule has 0 radical (unpaired) electrons. The Morgan fingerprint density at radius 1 is 1.12 bits per heavy atom. The van der Waals surface area contributed by atoms with E-state index in [1.54, 1.807) is 0 Å². The van der Waals surface area contributed by atoms with Crippen molar-refractivity contribution in [2.24, 2.45) is 5.73 Å². The molecule has 1 unspecified atom stereocenters. The number of anilines is 1. The summed E-state index contributed by atoms with van der Waals surface area (Å²) in [4.78, 5) is 12.6. The molecule has 3 N–H and O–H groups in total. The predicted molar refractivity (Wildman–Crippen MR) is 107 cm³/mol. The maximum atomic E-state index is 13.6. The van der Waals surface area contributed by atoms with E-state index in [9.17, 15) is 35.2 Å². The van der Waals surface area contributed by atoms with E-state index < -0.39 is 46.1 Å². The summed E-state index contributed by atoms with van der Waals surface area (Å²) in [5.74, 6) is -1.27. The van der Waals surface area contributed by atoms with Gasteiger partial charge in [0.15, 0.2) is 5.54 Å². The van der Waals surface area contributed by atoms with Gasteiger partial charge in [0.2, 0.25) is 22.4 Å². The quantitative estimate of drug-likeness (QED) is 0.510. The summed E-state index contributed by atoms with van der Waals surface area (Å²) in [7, 11) is -3.71. The number of hydrogen-bond acceptors (Lipinski definition) is 4. The van der Waals surface area contributed by atoms with Crippen molar-refractivity contribution >= 4 is 32.5 Å². The molecule has 1 heterocycles. The number of aromatic nitrogens is 2. The molecule has 0 aliphatic rings. The van der Waals surface area contributed by atoms with Gasteiger partial charge in [0.05, 0.1) is 29.2 Å². The molecule has 7 nitrogen and oxygen atoms in total. The highest BCUT2D eigenvalue weighted by atomic mass is 32.2. The van der Waals surface area contributed by atoms with Gasteiger partial charge >= 0.3 is 6.18 Å². The van der Waals surface area contributed by atoms with Crippen LogP contribution in [-0.4, -0.2) is 36.8 Å². The third-order valence-corrected chi connectivity index (χ3v) is 5.41. The van der Waals surface area contributed by atoms with Crippen LogP contribution in [0.4, 0.5) is 27.6 Å². The van der Waals surface area contributed by atoms with Crippen molar-refractivity contribution in [2.75, 3.05) is 11.0 Å². The zero-order valence-corrected chi connectivity index (χ0v) is 17.2. The molecular formula is C19H17F5N4O3S. The van der Waals surface area contributed by atoms with E-state index in [1.807, 2.05) is 0 Å². The fourth-order valence-electron chi connectivity index (χ4n) is 3.48. The van der Waals surface area contributed by atoms with E-state index in [0.29, 0.717) is 12.1 Å². The van der Waals surface area contributed by atoms with Gasteiger partial charge in [0.1, 0.15) is 0 Å². The lowest BCUT2D eigenvalue weighted by atomic mass is 9.85. The molecule has 3 aromatic rings. The van der Waals surface area contributed by atoms with Gasteiger partial charge in [-0.1, -0.05) is 18.2 Å². The molecule has 1 aromatic heterocycles. The molecule has 32 heavy (non-hydrogen) atoms. The van der Waals surface area contributed by atoms with Crippen molar-refractivity contribution in [3.63, 3.8) is 0 Å². The summed E-state index contributed by atoms with van der Waals surface area (Å²) >= 11 is 0. The van der Waals surface area contributed by atoms with Crippen molar-refractivity contribution in [3.8, 4) is 0 Å². The second kappa shape index (κ2) is 8.04. The molecule has 2 aromatic carbocycles. The van der Waals surface area contributed by atoms with Gasteiger partial charge in [0, 0.05) is 11.8 Å². The maximum absolute atomic E-state index is 13.6. The number of primary amides is 1. The summed E-state index contributed by atoms with van der Waals surface area (Å²) in [5.41, 5.74) is 2.05. The second-order valence-electron chi connectivity index (χ2n) is 7.06. The van der Waals surface area contributed by atoms with Crippen LogP contribution in [0.2, 0.25) is 0 Å². The van der Waals surface area contributed by atoms with Crippen LogP contribution < -0.4 is 10.5 Å². The number of sulfonamides is 1. The summed E-state index contributed by atoms with van der Waals surface area (Å²) in [6, 6.07) is 7.27. The van der Waals surface area contributed by atoms with Crippen LogP contribution >= 0.6 is 0 Å². The summed E-state index contributed by atoms with van der Waals surface area (Å²) in [5, 5.41) is 4.18. The largest absolute Gasteiger partial charge is 0.416 e. The lowest BCUT2D eigenvalue weighted by Crippen LogP contribution is -2.49. The first-order valence-electron chi connectivity index (χ1n) is 8.96. The minimum Gasteiger partial charge on any atom is -0.367 e. The summed E-state index contributed by atoms with van der Waals surface area (Å²) < 4.78 is 92.5. The van der Waals surface area contributed by atoms with Gasteiger partial charge in [0.25, 0.3) is 0 Å². The standard InChI is InChI=1S/C19H17F5N4O3S/c1-32(30,31)27-14-3-2-4-15-13(14)10-26-28(15)18(17(25)29,9-16(20)21)11-5-7-12(8-6-11)19(22,23)24/h2-8,10,16,27H,9H2,1H3,(H2,25,29). The fraction of sp³-hybridized carbons (Fsp3) is 0.263. The van der Waals surface area contributed by atoms with E-state index >= 15 is 0 Å². The third-order valence-electron chi connectivity index (χ3n) is 4.82. The zero-order valence-electron chi connectivity index (χ0n) is 16.4. The Hall–Kier alpha value is -3.22. The van der Waals surface area contributed by atoms with E-state index in [-0.39, 0.29) is 22.2 Å². The molecule has 1 amide bonds. The van der Waals surface area contributed by atoms with Crippen molar-refractivity contribution in [3.05, 3.63) is 59.8 Å². The van der Waals surface area contributed by atoms with Gasteiger partial charge in [-0.2, -0.15) is 18.3 Å². The second-order valence-corrected chi connectivity index (χ2v) is 8.81. The minimum atomic E-state index is -4.68. The fourth-order valence-corrected chi connectivity index (χ4v) is 4.05. The lowest BCUT2D eigenvalue weighted by molar-refractivity contribution is -0.137. The van der Waals surface area contributed by atoms with Crippen LogP contribution in [0.5, 0.6) is 0 Å². The van der Waals surface area contributed by atoms with Crippen LogP contribution in [-0.2, 0) is 26.5 Å². The molecular weight excluding hydrogens is 459 g/mol. The molecule has 0 bridgehead atoms. The average Bonchev–Trinajstić information content (AvgIpc) is 3.09. The van der Waals surface area contributed by atoms with Crippen molar-refractivity contribution in [1.82, 2.24) is 9.78 Å². The molecule has 0 aliphatic carbocycles. The number of amides is 1. The molecule has 0 fully saturated rings. The van der Waals surface area contributed by atoms with E-state index in [1.165, 1.54) is 18.2 Å². The molecule has 0 saturated carbocycles. The first-order valence-corrected chi connectivity index (χ1v) is 10.9. The highest BCUT2D eigenvalue weighted by Crippen LogP contribution is 2.38. The monoisotopic (exact) mass is 476 g/mol. The van der Waals surface area contributed by atoms with Crippen molar-refractivity contribution in [2.45, 2.75) is 24.6 Å². The van der Waals surface area contributed by atoms with E-state index in [4.69, 9.17) is 5.73 Å². The lowest BCUT2D eigenvalue weighted by Gasteiger charge is -2.32. The number of benzene rings is 2. The number of halogens is 5. The van der Waals surface area contributed by atoms with Gasteiger partial charge in [-0.25, -0.2) is 21.9 Å². The number of carbonyl (C=O) groups is 1. The van der Waals surface area contributed by atoms with Crippen LogP contribution in [0.1, 0.15) is 17.5 Å². The third kappa shape index (κ3) is 4.38. The molecule has 13 heteroatoms. The molecule has 1 atom stereocenters. The maximum Gasteiger partial charge on any atom is 0.416 e. The average molecular weight is 476 g/mol. The highest BCUT2D eigenvalue weighted by Gasteiger charge is 2.45. The molecule has 0 saturated heterocycles. The Kier molecular flexibility index (Phi) is 5.89. The van der Waals surface area contributed by atoms with Gasteiger partial charge in [-0.15, -0.1) is 0 Å². The Morgan fingerprint density at radius 2 is 1.72 bits per heavy atom. The number of nitrogens with two attached hydrogens (primary N) is 1. The number of alkyl halides is 5. The normalized spacial score (nSPS) is 14.5. The van der Waals surface area contributed by atoms with Crippen molar-refractivity contribution < 1.29 is 35.2 Å². The van der Waals surface area contributed by atoms with Crippen LogP contribution in [0.25, 0.3) is 10.9 Å². The Labute approximate surface area is 179 Å². The van der Waals surface area contributed by atoms with Crippen LogP contribution in [0.15, 0.2) is 48.7 Å². The molecule has 172 valence electrons.